The van der Waals surface area contributed by atoms with Crippen molar-refractivity contribution >= 4 is 21.6 Å². The number of rotatable bonds is 8. The highest BCUT2D eigenvalue weighted by atomic mass is 35.5. The summed E-state index contributed by atoms with van der Waals surface area (Å²) in [4.78, 5) is 0.188. The molecular weight excluding hydrogens is 494 g/mol. The van der Waals surface area contributed by atoms with Crippen LogP contribution >= 0.6 is 11.6 Å². The fourth-order valence-electron chi connectivity index (χ4n) is 3.98. The third-order valence-electron chi connectivity index (χ3n) is 5.82. The zero-order valence-corrected chi connectivity index (χ0v) is 20.7. The molecule has 0 aliphatic carbocycles. The van der Waals surface area contributed by atoms with Gasteiger partial charge in [-0.3, -0.25) is 0 Å². The highest BCUT2D eigenvalue weighted by molar-refractivity contribution is 7.89. The zero-order chi connectivity index (χ0) is 25.0. The summed E-state index contributed by atoms with van der Waals surface area (Å²) in [5, 5.41) is 14.5. The summed E-state index contributed by atoms with van der Waals surface area (Å²) >= 11 is 6.02. The lowest BCUT2D eigenvalue weighted by Gasteiger charge is -2.24. The van der Waals surface area contributed by atoms with Crippen LogP contribution in [0.15, 0.2) is 108 Å². The number of hydrogen-bond donors (Lipinski definition) is 1. The Morgan fingerprint density at radius 1 is 0.750 bits per heavy atom. The first kappa shape index (κ1) is 23.9. The molecule has 0 saturated heterocycles. The van der Waals surface area contributed by atoms with E-state index in [0.717, 1.165) is 27.8 Å². The van der Waals surface area contributed by atoms with Crippen molar-refractivity contribution in [3.05, 3.63) is 119 Å². The largest absolute Gasteiger partial charge is 0.243 e. The van der Waals surface area contributed by atoms with Crippen molar-refractivity contribution in [1.82, 2.24) is 24.9 Å². The normalized spacial score (nSPS) is 11.6. The van der Waals surface area contributed by atoms with E-state index in [1.165, 1.54) is 16.4 Å². The number of nitrogens with zero attached hydrogens (tertiary/aromatic N) is 4. The van der Waals surface area contributed by atoms with Crippen LogP contribution < -0.4 is 0 Å². The van der Waals surface area contributed by atoms with Crippen LogP contribution in [0, 0.1) is 0 Å². The number of tetrazole rings is 1. The van der Waals surface area contributed by atoms with E-state index < -0.39 is 10.0 Å². The summed E-state index contributed by atoms with van der Waals surface area (Å²) in [5.41, 5.74) is 4.54. The van der Waals surface area contributed by atoms with Crippen molar-refractivity contribution in [3.8, 4) is 22.5 Å². The maximum absolute atomic E-state index is 13.8. The molecule has 0 saturated carbocycles. The molecule has 7 nitrogen and oxygen atoms in total. The van der Waals surface area contributed by atoms with Crippen molar-refractivity contribution in [3.63, 3.8) is 0 Å². The molecule has 1 heterocycles. The highest BCUT2D eigenvalue weighted by Gasteiger charge is 2.26. The van der Waals surface area contributed by atoms with Crippen LogP contribution in [0.3, 0.4) is 0 Å². The van der Waals surface area contributed by atoms with Gasteiger partial charge < -0.3 is 0 Å². The van der Waals surface area contributed by atoms with Crippen LogP contribution in [0.2, 0.25) is 5.02 Å². The molecule has 36 heavy (non-hydrogen) atoms. The number of aromatic nitrogens is 4. The number of benzene rings is 4. The molecule has 1 aromatic heterocycles. The second kappa shape index (κ2) is 10.4. The van der Waals surface area contributed by atoms with Gasteiger partial charge in [-0.15, -0.1) is 10.2 Å². The van der Waals surface area contributed by atoms with Gasteiger partial charge in [0.1, 0.15) is 0 Å². The predicted molar refractivity (Wildman–Crippen MR) is 139 cm³/mol. The number of aromatic amines is 1. The van der Waals surface area contributed by atoms with E-state index in [1.54, 1.807) is 12.1 Å². The van der Waals surface area contributed by atoms with Crippen molar-refractivity contribution in [1.29, 1.82) is 0 Å². The Morgan fingerprint density at radius 3 is 2.14 bits per heavy atom. The van der Waals surface area contributed by atoms with Crippen LogP contribution in [0.1, 0.15) is 11.1 Å². The van der Waals surface area contributed by atoms with Gasteiger partial charge in [-0.1, -0.05) is 90.5 Å². The molecule has 0 atom stereocenters. The molecule has 0 amide bonds. The molecule has 5 rings (SSSR count). The third kappa shape index (κ3) is 5.21. The zero-order valence-electron chi connectivity index (χ0n) is 19.1. The smallest absolute Gasteiger partial charge is 0.207 e. The van der Waals surface area contributed by atoms with E-state index in [9.17, 15) is 8.42 Å². The van der Waals surface area contributed by atoms with Crippen molar-refractivity contribution < 1.29 is 8.42 Å². The van der Waals surface area contributed by atoms with E-state index >= 15 is 0 Å². The molecule has 0 radical (unpaired) electrons. The molecule has 180 valence electrons. The van der Waals surface area contributed by atoms with Crippen LogP contribution in [-0.4, -0.2) is 33.3 Å². The molecule has 4 aromatic carbocycles. The molecule has 5 aromatic rings. The van der Waals surface area contributed by atoms with E-state index in [2.05, 4.69) is 20.6 Å². The lowest BCUT2D eigenvalue weighted by atomic mass is 9.99. The Bertz CT molecular complexity index is 1540. The first-order valence-corrected chi connectivity index (χ1v) is 13.0. The summed E-state index contributed by atoms with van der Waals surface area (Å²) in [6.45, 7) is 0.378. The minimum atomic E-state index is -3.83. The van der Waals surface area contributed by atoms with E-state index in [1.807, 2.05) is 78.9 Å². The number of hydrogen-bond acceptors (Lipinski definition) is 5. The quantitative estimate of drug-likeness (QED) is 0.291. The molecule has 0 aliphatic heterocycles. The van der Waals surface area contributed by atoms with Crippen molar-refractivity contribution in [2.45, 2.75) is 18.0 Å². The van der Waals surface area contributed by atoms with E-state index in [0.29, 0.717) is 10.8 Å². The van der Waals surface area contributed by atoms with Gasteiger partial charge in [-0.25, -0.2) is 8.42 Å². The summed E-state index contributed by atoms with van der Waals surface area (Å²) in [5.74, 6) is 0.476. The fraction of sp³-hybridized carbons (Fsp3) is 0.0741. The average molecular weight is 516 g/mol. The average Bonchev–Trinajstić information content (AvgIpc) is 3.45. The monoisotopic (exact) mass is 515 g/mol. The van der Waals surface area contributed by atoms with Gasteiger partial charge in [-0.05, 0) is 51.7 Å². The lowest BCUT2D eigenvalue weighted by Crippen LogP contribution is -2.30. The van der Waals surface area contributed by atoms with Crippen LogP contribution in [0.5, 0.6) is 0 Å². The maximum atomic E-state index is 13.8. The number of H-pyrrole nitrogens is 1. The number of nitrogens with one attached hydrogen (secondary N) is 1. The fourth-order valence-corrected chi connectivity index (χ4v) is 5.51. The van der Waals surface area contributed by atoms with Gasteiger partial charge in [0, 0.05) is 23.7 Å². The third-order valence-corrected chi connectivity index (χ3v) is 7.87. The molecule has 0 bridgehead atoms. The molecule has 9 heteroatoms. The molecule has 0 spiro atoms. The molecule has 0 unspecified atom stereocenters. The van der Waals surface area contributed by atoms with Crippen LogP contribution in [0.25, 0.3) is 22.5 Å². The second-order valence-electron chi connectivity index (χ2n) is 8.18. The SMILES string of the molecule is O=S(=O)(c1ccc(Cl)cc1)N(Cc1ccc(-c2nn[nH]n2)cc1)Cc1ccccc1-c1ccccc1. The Labute approximate surface area is 214 Å². The van der Waals surface area contributed by atoms with Crippen molar-refractivity contribution in [2.24, 2.45) is 0 Å². The maximum Gasteiger partial charge on any atom is 0.243 e. The minimum absolute atomic E-state index is 0.181. The van der Waals surface area contributed by atoms with Gasteiger partial charge in [0.2, 0.25) is 15.8 Å². The minimum Gasteiger partial charge on any atom is -0.207 e. The molecule has 0 fully saturated rings. The summed E-state index contributed by atoms with van der Waals surface area (Å²) in [7, 11) is -3.83. The van der Waals surface area contributed by atoms with Crippen LogP contribution in [-0.2, 0) is 23.1 Å². The van der Waals surface area contributed by atoms with E-state index in [4.69, 9.17) is 11.6 Å². The Kier molecular flexibility index (Phi) is 6.90. The van der Waals surface area contributed by atoms with Gasteiger partial charge >= 0.3 is 0 Å². The van der Waals surface area contributed by atoms with E-state index in [-0.39, 0.29) is 18.0 Å². The first-order chi connectivity index (χ1) is 17.5. The molecule has 1 N–H and O–H groups in total. The Hall–Kier alpha value is -3.85. The number of sulfonamides is 1. The Balaban J connectivity index is 1.51. The van der Waals surface area contributed by atoms with Crippen molar-refractivity contribution in [2.75, 3.05) is 0 Å². The van der Waals surface area contributed by atoms with Gasteiger partial charge in [0.05, 0.1) is 4.90 Å². The highest BCUT2D eigenvalue weighted by Crippen LogP contribution is 2.28. The summed E-state index contributed by atoms with van der Waals surface area (Å²) in [6.07, 6.45) is 0. The Morgan fingerprint density at radius 2 is 1.44 bits per heavy atom. The predicted octanol–water partition coefficient (Wildman–Crippen LogP) is 5.58. The topological polar surface area (TPSA) is 91.8 Å². The van der Waals surface area contributed by atoms with Gasteiger partial charge in [0.25, 0.3) is 0 Å². The van der Waals surface area contributed by atoms with Gasteiger partial charge in [0.15, 0.2) is 0 Å². The molecular formula is C27H22ClN5O2S. The lowest BCUT2D eigenvalue weighted by molar-refractivity contribution is 0.401. The molecule has 0 aliphatic rings. The van der Waals surface area contributed by atoms with Gasteiger partial charge in [-0.2, -0.15) is 9.52 Å². The van der Waals surface area contributed by atoms with Crippen LogP contribution in [0.4, 0.5) is 0 Å². The summed E-state index contributed by atoms with van der Waals surface area (Å²) in [6, 6.07) is 31.5. The second-order valence-corrected chi connectivity index (χ2v) is 10.6. The summed E-state index contributed by atoms with van der Waals surface area (Å²) < 4.78 is 29.1. The number of halogens is 1. The standard InChI is InChI=1S/C27H22ClN5O2S/c28-24-14-16-25(17-15-24)36(34,35)33(18-20-10-12-22(13-11-20)27-29-31-32-30-27)19-23-8-4-5-9-26(23)21-6-2-1-3-7-21/h1-17H,18-19H2,(H,29,30,31,32). The first-order valence-electron chi connectivity index (χ1n) is 11.2.